The Balaban J connectivity index is 1.35. The number of carbonyl (C=O) groups is 2. The summed E-state index contributed by atoms with van der Waals surface area (Å²) in [6.07, 6.45) is 3.63. The van der Waals surface area contributed by atoms with Crippen molar-refractivity contribution < 1.29 is 19.1 Å². The zero-order valence-corrected chi connectivity index (χ0v) is 19.3. The van der Waals surface area contributed by atoms with Gasteiger partial charge in [-0.05, 0) is 43.2 Å². The first-order chi connectivity index (χ1) is 16.1. The second-order valence-electron chi connectivity index (χ2n) is 7.90. The smallest absolute Gasteiger partial charge is 0.271 e. The van der Waals surface area contributed by atoms with Gasteiger partial charge in [-0.15, -0.1) is 11.3 Å². The topological polar surface area (TPSA) is 89.6 Å². The average Bonchev–Trinajstić information content (AvgIpc) is 3.34. The lowest BCUT2D eigenvalue weighted by Gasteiger charge is -2.32. The molecule has 8 heteroatoms. The Morgan fingerprint density at radius 1 is 0.970 bits per heavy atom. The highest BCUT2D eigenvalue weighted by Gasteiger charge is 2.29. The van der Waals surface area contributed by atoms with E-state index in [-0.39, 0.29) is 23.9 Å². The molecule has 1 aliphatic carbocycles. The maximum atomic E-state index is 12.8. The van der Waals surface area contributed by atoms with Crippen molar-refractivity contribution in [2.24, 2.45) is 0 Å². The molecule has 7 nitrogen and oxygen atoms in total. The van der Waals surface area contributed by atoms with Gasteiger partial charge in [0.2, 0.25) is 0 Å². The molecule has 1 aliphatic rings. The molecule has 2 amide bonds. The summed E-state index contributed by atoms with van der Waals surface area (Å²) < 4.78 is 10.9. The van der Waals surface area contributed by atoms with Crippen LogP contribution in [0.5, 0.6) is 11.5 Å². The first-order valence-corrected chi connectivity index (χ1v) is 11.9. The van der Waals surface area contributed by atoms with Gasteiger partial charge in [0.15, 0.2) is 0 Å². The highest BCUT2D eigenvalue weighted by atomic mass is 32.1. The summed E-state index contributed by atoms with van der Waals surface area (Å²) in [6.45, 7) is 0.310. The molecule has 2 N–H and O–H groups in total. The van der Waals surface area contributed by atoms with E-state index >= 15 is 0 Å². The molecule has 2 aromatic carbocycles. The predicted molar refractivity (Wildman–Crippen MR) is 127 cm³/mol. The number of thiazole rings is 1. The van der Waals surface area contributed by atoms with Gasteiger partial charge >= 0.3 is 0 Å². The molecule has 1 heterocycles. The molecule has 0 aliphatic heterocycles. The maximum absolute atomic E-state index is 12.8. The van der Waals surface area contributed by atoms with Crippen LogP contribution in [0.3, 0.4) is 0 Å². The van der Waals surface area contributed by atoms with Crippen molar-refractivity contribution in [3.8, 4) is 11.5 Å². The van der Waals surface area contributed by atoms with Crippen LogP contribution in [0, 0.1) is 0 Å². The Morgan fingerprint density at radius 2 is 1.67 bits per heavy atom. The molecular weight excluding hydrogens is 438 g/mol. The van der Waals surface area contributed by atoms with Crippen LogP contribution in [0.1, 0.15) is 51.5 Å². The molecule has 0 radical (unpaired) electrons. The number of rotatable bonds is 8. The predicted octanol–water partition coefficient (Wildman–Crippen LogP) is 4.20. The fourth-order valence-electron chi connectivity index (χ4n) is 3.88. The highest BCUT2D eigenvalue weighted by molar-refractivity contribution is 7.09. The van der Waals surface area contributed by atoms with Crippen molar-refractivity contribution in [2.45, 2.75) is 44.4 Å². The number of aromatic nitrogens is 1. The van der Waals surface area contributed by atoms with Gasteiger partial charge in [-0.3, -0.25) is 9.59 Å². The summed E-state index contributed by atoms with van der Waals surface area (Å²) in [5.74, 6) is 0.987. The van der Waals surface area contributed by atoms with E-state index in [1.54, 1.807) is 36.8 Å². The van der Waals surface area contributed by atoms with Gasteiger partial charge in [-0.1, -0.05) is 37.1 Å². The quantitative estimate of drug-likeness (QED) is 0.520. The van der Waals surface area contributed by atoms with Crippen molar-refractivity contribution in [1.82, 2.24) is 15.6 Å². The van der Waals surface area contributed by atoms with E-state index in [0.717, 1.165) is 36.4 Å². The summed E-state index contributed by atoms with van der Waals surface area (Å²) in [5.41, 5.74) is 0.905. The maximum Gasteiger partial charge on any atom is 0.271 e. The molecule has 4 rings (SSSR count). The number of nitrogens with zero attached hydrogens (tertiary/aromatic N) is 1. The summed E-state index contributed by atoms with van der Waals surface area (Å²) in [7, 11) is 1.57. The summed E-state index contributed by atoms with van der Waals surface area (Å²) in [6, 6.07) is 16.3. The van der Waals surface area contributed by atoms with Crippen molar-refractivity contribution >= 4 is 23.2 Å². The third kappa shape index (κ3) is 6.10. The normalized spacial score (nSPS) is 17.7. The van der Waals surface area contributed by atoms with Gasteiger partial charge < -0.3 is 20.1 Å². The van der Waals surface area contributed by atoms with E-state index in [4.69, 9.17) is 9.47 Å². The van der Waals surface area contributed by atoms with Crippen LogP contribution in [0.25, 0.3) is 0 Å². The molecule has 1 saturated carbocycles. The molecule has 1 aromatic heterocycles. The molecule has 0 unspecified atom stereocenters. The minimum Gasteiger partial charge on any atom is -0.497 e. The van der Waals surface area contributed by atoms with E-state index in [9.17, 15) is 9.59 Å². The molecular formula is C25H27N3O4S. The summed E-state index contributed by atoms with van der Waals surface area (Å²) in [5, 5.41) is 8.64. The van der Waals surface area contributed by atoms with Gasteiger partial charge in [0.05, 0.1) is 7.11 Å². The van der Waals surface area contributed by atoms with Gasteiger partial charge in [0.25, 0.3) is 11.8 Å². The minimum atomic E-state index is -0.232. The lowest BCUT2D eigenvalue weighted by Crippen LogP contribution is -2.53. The zero-order chi connectivity index (χ0) is 23.0. The second-order valence-corrected chi connectivity index (χ2v) is 8.85. The number of methoxy groups -OCH3 is 1. The molecule has 33 heavy (non-hydrogen) atoms. The lowest BCUT2D eigenvalue weighted by atomic mass is 9.90. The fraction of sp³-hybridized carbons (Fsp3) is 0.320. The average molecular weight is 466 g/mol. The molecule has 0 spiro atoms. The molecule has 172 valence electrons. The van der Waals surface area contributed by atoms with Gasteiger partial charge in [0, 0.05) is 23.0 Å². The number of ether oxygens (including phenoxy) is 2. The number of amides is 2. The first-order valence-electron chi connectivity index (χ1n) is 11.0. The van der Waals surface area contributed by atoms with Gasteiger partial charge in [-0.25, -0.2) is 4.98 Å². The van der Waals surface area contributed by atoms with Gasteiger partial charge in [-0.2, -0.15) is 0 Å². The number of benzene rings is 2. The zero-order valence-electron chi connectivity index (χ0n) is 18.5. The van der Waals surface area contributed by atoms with E-state index in [0.29, 0.717) is 23.6 Å². The SMILES string of the molecule is COc1cccc(C(=O)N[C@@H]2CCCC[C@@H]2NC(=O)c2csc(COc3ccccc3)n2)c1. The Hall–Kier alpha value is -3.39. The van der Waals surface area contributed by atoms with E-state index in [2.05, 4.69) is 15.6 Å². The Morgan fingerprint density at radius 3 is 2.39 bits per heavy atom. The van der Waals surface area contributed by atoms with Crippen LogP contribution in [-0.4, -0.2) is 36.0 Å². The third-order valence-corrected chi connectivity index (χ3v) is 6.44. The summed E-state index contributed by atoms with van der Waals surface area (Å²) in [4.78, 5) is 30.0. The number of hydrogen-bond acceptors (Lipinski definition) is 6. The molecule has 3 aromatic rings. The number of nitrogens with one attached hydrogen (secondary N) is 2. The van der Waals surface area contributed by atoms with Crippen molar-refractivity contribution in [3.05, 3.63) is 76.2 Å². The Labute approximate surface area is 197 Å². The lowest BCUT2D eigenvalue weighted by molar-refractivity contribution is 0.0860. The second kappa shape index (κ2) is 11.0. The molecule has 1 fully saturated rings. The Kier molecular flexibility index (Phi) is 7.57. The van der Waals surface area contributed by atoms with Crippen LogP contribution in [0.2, 0.25) is 0 Å². The van der Waals surface area contributed by atoms with Crippen LogP contribution in [-0.2, 0) is 6.61 Å². The third-order valence-electron chi connectivity index (χ3n) is 5.62. The molecule has 0 bridgehead atoms. The monoisotopic (exact) mass is 465 g/mol. The summed E-state index contributed by atoms with van der Waals surface area (Å²) >= 11 is 1.39. The number of para-hydroxylation sites is 1. The van der Waals surface area contributed by atoms with E-state index in [1.807, 2.05) is 30.3 Å². The highest BCUT2D eigenvalue weighted by Crippen LogP contribution is 2.21. The van der Waals surface area contributed by atoms with Crippen LogP contribution in [0.4, 0.5) is 0 Å². The van der Waals surface area contributed by atoms with Crippen LogP contribution >= 0.6 is 11.3 Å². The Bertz CT molecular complexity index is 1090. The molecule has 0 saturated heterocycles. The van der Waals surface area contributed by atoms with E-state index < -0.39 is 0 Å². The standard InChI is InChI=1S/C25H27N3O4S/c1-31-19-11-7-8-17(14-19)24(29)27-20-12-5-6-13-21(20)28-25(30)22-16-33-23(26-22)15-32-18-9-3-2-4-10-18/h2-4,7-11,14,16,20-21H,5-6,12-13,15H2,1H3,(H,27,29)(H,28,30)/t20-,21+/m1/s1. The van der Waals surface area contributed by atoms with Crippen molar-refractivity contribution in [2.75, 3.05) is 7.11 Å². The number of hydrogen-bond donors (Lipinski definition) is 2. The fourth-order valence-corrected chi connectivity index (χ4v) is 4.56. The molecule has 2 atom stereocenters. The van der Waals surface area contributed by atoms with Gasteiger partial charge in [0.1, 0.15) is 28.8 Å². The van der Waals surface area contributed by atoms with Crippen LogP contribution < -0.4 is 20.1 Å². The first kappa shape index (κ1) is 22.8. The van der Waals surface area contributed by atoms with Crippen molar-refractivity contribution in [1.29, 1.82) is 0 Å². The van der Waals surface area contributed by atoms with E-state index in [1.165, 1.54) is 11.3 Å². The largest absolute Gasteiger partial charge is 0.497 e. The minimum absolute atomic E-state index is 0.138. The number of carbonyl (C=O) groups excluding carboxylic acids is 2. The van der Waals surface area contributed by atoms with Crippen LogP contribution in [0.15, 0.2) is 60.0 Å². The van der Waals surface area contributed by atoms with Crippen molar-refractivity contribution in [3.63, 3.8) is 0 Å².